The van der Waals surface area contributed by atoms with Crippen LogP contribution in [0.15, 0.2) is 24.3 Å². The van der Waals surface area contributed by atoms with Crippen LogP contribution in [-0.4, -0.2) is 9.38 Å². The molecule has 3 nitrogen and oxygen atoms in total. The lowest BCUT2D eigenvalue weighted by Gasteiger charge is -2.06. The molecule has 0 amide bonds. The van der Waals surface area contributed by atoms with Gasteiger partial charge in [-0.15, -0.1) is 0 Å². The summed E-state index contributed by atoms with van der Waals surface area (Å²) in [7, 11) is 0. The van der Waals surface area contributed by atoms with Crippen LogP contribution < -0.4 is 0 Å². The fourth-order valence-electron chi connectivity index (χ4n) is 2.06. The number of pyridine rings is 1. The van der Waals surface area contributed by atoms with E-state index < -0.39 is 5.82 Å². The molecule has 2 heterocycles. The average molecular weight is 260 g/mol. The predicted octanol–water partition coefficient (Wildman–Crippen LogP) is 3.46. The molecule has 0 saturated heterocycles. The Balaban J connectivity index is 2.69. The Morgan fingerprint density at radius 3 is 2.83 bits per heavy atom. The number of aromatic nitrogens is 2. The van der Waals surface area contributed by atoms with E-state index in [0.29, 0.717) is 16.7 Å². The summed E-state index contributed by atoms with van der Waals surface area (Å²) in [6.07, 6.45) is 0. The molecule has 0 fully saturated rings. The fourth-order valence-corrected chi connectivity index (χ4v) is 2.37. The predicted molar refractivity (Wildman–Crippen MR) is 67.1 cm³/mol. The van der Waals surface area contributed by atoms with Crippen LogP contribution in [0.1, 0.15) is 11.1 Å². The lowest BCUT2D eigenvalue weighted by Crippen LogP contribution is -1.99. The fraction of sp³-hybridized carbons (Fsp3) is 0.0769. The largest absolute Gasteiger partial charge is 0.279 e. The minimum atomic E-state index is -0.580. The first-order valence-corrected chi connectivity index (χ1v) is 5.67. The molecule has 3 aromatic rings. The number of halogens is 2. The molecule has 88 valence electrons. The molecule has 18 heavy (non-hydrogen) atoms. The average Bonchev–Trinajstić information content (AvgIpc) is 2.76. The maximum atomic E-state index is 14.0. The summed E-state index contributed by atoms with van der Waals surface area (Å²) < 4.78 is 15.5. The van der Waals surface area contributed by atoms with Crippen molar-refractivity contribution in [3.63, 3.8) is 0 Å². The Morgan fingerprint density at radius 1 is 1.39 bits per heavy atom. The summed E-state index contributed by atoms with van der Waals surface area (Å²) in [6, 6.07) is 9.22. The quantitative estimate of drug-likeness (QED) is 0.580. The van der Waals surface area contributed by atoms with Crippen LogP contribution in [-0.2, 0) is 0 Å². The first kappa shape index (κ1) is 11.0. The molecule has 0 N–H and O–H groups in total. The third-order valence-electron chi connectivity index (χ3n) is 2.98. The molecule has 0 aliphatic heterocycles. The zero-order valence-corrected chi connectivity index (χ0v) is 10.2. The minimum Gasteiger partial charge on any atom is -0.279 e. The van der Waals surface area contributed by atoms with Crippen LogP contribution in [0.2, 0.25) is 5.15 Å². The van der Waals surface area contributed by atoms with Crippen LogP contribution in [0, 0.1) is 24.1 Å². The highest BCUT2D eigenvalue weighted by molar-refractivity contribution is 6.30. The minimum absolute atomic E-state index is 0.0461. The molecule has 1 aromatic carbocycles. The number of nitriles is 1. The van der Waals surface area contributed by atoms with E-state index in [1.807, 2.05) is 18.2 Å². The van der Waals surface area contributed by atoms with Gasteiger partial charge in [-0.25, -0.2) is 9.37 Å². The number of fused-ring (bicyclic) bond motifs is 3. The molecule has 0 aliphatic rings. The van der Waals surface area contributed by atoms with Gasteiger partial charge in [0.05, 0.1) is 11.0 Å². The van der Waals surface area contributed by atoms with Gasteiger partial charge in [0.1, 0.15) is 11.6 Å². The second kappa shape index (κ2) is 3.69. The van der Waals surface area contributed by atoms with Crippen LogP contribution >= 0.6 is 11.6 Å². The maximum absolute atomic E-state index is 14.0. The zero-order chi connectivity index (χ0) is 12.9. The van der Waals surface area contributed by atoms with Gasteiger partial charge in [-0.2, -0.15) is 5.26 Å². The van der Waals surface area contributed by atoms with E-state index in [0.717, 1.165) is 0 Å². The summed E-state index contributed by atoms with van der Waals surface area (Å²) >= 11 is 6.02. The summed E-state index contributed by atoms with van der Waals surface area (Å²) in [5.74, 6) is -0.580. The van der Waals surface area contributed by atoms with E-state index >= 15 is 0 Å². The Labute approximate surface area is 107 Å². The number of hydrogen-bond donors (Lipinski definition) is 0. The van der Waals surface area contributed by atoms with Gasteiger partial charge in [0.2, 0.25) is 0 Å². The van der Waals surface area contributed by atoms with Gasteiger partial charge in [0.25, 0.3) is 0 Å². The highest BCUT2D eigenvalue weighted by Crippen LogP contribution is 2.29. The number of rotatable bonds is 0. The van der Waals surface area contributed by atoms with Crippen LogP contribution in [0.4, 0.5) is 4.39 Å². The van der Waals surface area contributed by atoms with Gasteiger partial charge in [-0.1, -0.05) is 23.7 Å². The number of hydrogen-bond acceptors (Lipinski definition) is 2. The van der Waals surface area contributed by atoms with Crippen molar-refractivity contribution in [2.24, 2.45) is 0 Å². The molecular formula is C13H7ClFN3. The van der Waals surface area contributed by atoms with E-state index in [9.17, 15) is 4.39 Å². The van der Waals surface area contributed by atoms with Crippen LogP contribution in [0.5, 0.6) is 0 Å². The van der Waals surface area contributed by atoms with Crippen molar-refractivity contribution >= 4 is 28.3 Å². The van der Waals surface area contributed by atoms with E-state index in [-0.39, 0.29) is 16.3 Å². The summed E-state index contributed by atoms with van der Waals surface area (Å²) in [5.41, 5.74) is 2.20. The molecule has 0 unspecified atom stereocenters. The standard InChI is InChI=1S/C13H7ClFN3/c1-7-8(6-16)13-17-9-4-2-3-5-10(9)18(13)12(14)11(7)15/h2-5H,1H3. The number of para-hydroxylation sites is 2. The Morgan fingerprint density at radius 2 is 2.11 bits per heavy atom. The van der Waals surface area contributed by atoms with Gasteiger partial charge in [0, 0.05) is 5.56 Å². The third-order valence-corrected chi connectivity index (χ3v) is 3.31. The monoisotopic (exact) mass is 259 g/mol. The second-order valence-electron chi connectivity index (χ2n) is 3.98. The van der Waals surface area contributed by atoms with Crippen LogP contribution in [0.25, 0.3) is 16.7 Å². The Kier molecular flexibility index (Phi) is 2.25. The molecule has 0 bridgehead atoms. The van der Waals surface area contributed by atoms with Crippen molar-refractivity contribution in [3.05, 3.63) is 46.4 Å². The van der Waals surface area contributed by atoms with Crippen molar-refractivity contribution in [2.45, 2.75) is 6.92 Å². The smallest absolute Gasteiger partial charge is 0.163 e. The lowest BCUT2D eigenvalue weighted by molar-refractivity contribution is 0.610. The van der Waals surface area contributed by atoms with Gasteiger partial charge in [-0.05, 0) is 19.1 Å². The number of benzene rings is 1. The Hall–Kier alpha value is -2.12. The molecule has 2 aromatic heterocycles. The van der Waals surface area contributed by atoms with Crippen LogP contribution in [0.3, 0.4) is 0 Å². The van der Waals surface area contributed by atoms with Crippen molar-refractivity contribution in [1.29, 1.82) is 5.26 Å². The van der Waals surface area contributed by atoms with E-state index in [4.69, 9.17) is 16.9 Å². The molecule has 0 saturated carbocycles. The molecule has 0 aliphatic carbocycles. The van der Waals surface area contributed by atoms with Crippen molar-refractivity contribution in [1.82, 2.24) is 9.38 Å². The van der Waals surface area contributed by atoms with Gasteiger partial charge >= 0.3 is 0 Å². The second-order valence-corrected chi connectivity index (χ2v) is 4.33. The van der Waals surface area contributed by atoms with Crippen molar-refractivity contribution in [2.75, 3.05) is 0 Å². The summed E-state index contributed by atoms with van der Waals surface area (Å²) in [5, 5.41) is 9.10. The molecule has 0 spiro atoms. The van der Waals surface area contributed by atoms with Gasteiger partial charge in [0.15, 0.2) is 16.6 Å². The van der Waals surface area contributed by atoms with Crippen molar-refractivity contribution in [3.8, 4) is 6.07 Å². The lowest BCUT2D eigenvalue weighted by atomic mass is 10.1. The van der Waals surface area contributed by atoms with E-state index in [1.54, 1.807) is 12.1 Å². The zero-order valence-electron chi connectivity index (χ0n) is 9.41. The highest BCUT2D eigenvalue weighted by Gasteiger charge is 2.19. The highest BCUT2D eigenvalue weighted by atomic mass is 35.5. The number of nitrogens with zero attached hydrogens (tertiary/aromatic N) is 3. The molecule has 5 heteroatoms. The van der Waals surface area contributed by atoms with Crippen molar-refractivity contribution < 1.29 is 4.39 Å². The molecule has 3 rings (SSSR count). The Bertz CT molecular complexity index is 830. The first-order chi connectivity index (χ1) is 8.65. The molecular weight excluding hydrogens is 253 g/mol. The van der Waals surface area contributed by atoms with Gasteiger partial charge < -0.3 is 0 Å². The summed E-state index contributed by atoms with van der Waals surface area (Å²) in [4.78, 5) is 4.34. The topological polar surface area (TPSA) is 41.1 Å². The number of imidazole rings is 1. The molecule has 0 atom stereocenters. The van der Waals surface area contributed by atoms with E-state index in [1.165, 1.54) is 11.3 Å². The third kappa shape index (κ3) is 1.25. The van der Waals surface area contributed by atoms with Gasteiger partial charge in [-0.3, -0.25) is 4.40 Å². The first-order valence-electron chi connectivity index (χ1n) is 5.30. The molecule has 0 radical (unpaired) electrons. The SMILES string of the molecule is Cc1c(F)c(Cl)n2c(nc3ccccc32)c1C#N. The maximum Gasteiger partial charge on any atom is 0.163 e. The normalized spacial score (nSPS) is 11.0. The van der Waals surface area contributed by atoms with E-state index in [2.05, 4.69) is 4.98 Å². The summed E-state index contributed by atoms with van der Waals surface area (Å²) in [6.45, 7) is 1.53.